The molecule has 3 aromatic heterocycles. The van der Waals surface area contributed by atoms with Crippen molar-refractivity contribution in [1.82, 2.24) is 24.5 Å². The Bertz CT molecular complexity index is 1420. The van der Waals surface area contributed by atoms with E-state index in [2.05, 4.69) is 15.1 Å². The highest BCUT2D eigenvalue weighted by molar-refractivity contribution is 6.31. The highest BCUT2D eigenvalue weighted by atomic mass is 35.5. The second-order valence-electron chi connectivity index (χ2n) is 8.47. The summed E-state index contributed by atoms with van der Waals surface area (Å²) in [5, 5.41) is 5.21. The smallest absolute Gasteiger partial charge is 0.258 e. The number of fused-ring (bicyclic) bond motifs is 3. The van der Waals surface area contributed by atoms with E-state index < -0.39 is 5.82 Å². The van der Waals surface area contributed by atoms with E-state index in [1.165, 1.54) is 18.2 Å². The van der Waals surface area contributed by atoms with Crippen molar-refractivity contribution in [2.24, 2.45) is 0 Å². The predicted molar refractivity (Wildman–Crippen MR) is 126 cm³/mol. The van der Waals surface area contributed by atoms with Gasteiger partial charge in [0, 0.05) is 29.9 Å². The lowest BCUT2D eigenvalue weighted by Crippen LogP contribution is -2.26. The van der Waals surface area contributed by atoms with Crippen LogP contribution in [0.15, 0.2) is 36.5 Å². The Kier molecular flexibility index (Phi) is 5.69. The fourth-order valence-electron chi connectivity index (χ4n) is 4.14. The molecular formula is C25H23ClFN5O2. The van der Waals surface area contributed by atoms with Gasteiger partial charge < -0.3 is 9.64 Å². The fourth-order valence-corrected chi connectivity index (χ4v) is 4.27. The first-order valence-electron chi connectivity index (χ1n) is 11.0. The maximum absolute atomic E-state index is 14.0. The normalized spacial score (nSPS) is 12.9. The molecule has 0 fully saturated rings. The molecule has 5 rings (SSSR count). The van der Waals surface area contributed by atoms with E-state index >= 15 is 0 Å². The number of carbonyl (C=O) groups is 1. The first kappa shape index (κ1) is 22.3. The molecule has 9 heteroatoms. The number of aromatic nitrogens is 4. The minimum absolute atomic E-state index is 0.223. The van der Waals surface area contributed by atoms with Crippen LogP contribution in [0.3, 0.4) is 0 Å². The molecule has 0 bridgehead atoms. The number of hydrogen-bond donors (Lipinski definition) is 0. The van der Waals surface area contributed by atoms with Gasteiger partial charge in [0.1, 0.15) is 11.6 Å². The minimum atomic E-state index is -0.460. The Morgan fingerprint density at radius 1 is 1.18 bits per heavy atom. The average molecular weight is 480 g/mol. The molecule has 7 nitrogen and oxygen atoms in total. The number of hydrogen-bond acceptors (Lipinski definition) is 5. The molecule has 0 saturated heterocycles. The highest BCUT2D eigenvalue weighted by Gasteiger charge is 2.31. The number of halogens is 2. The third-order valence-corrected chi connectivity index (χ3v) is 6.59. The maximum Gasteiger partial charge on any atom is 0.258 e. The molecule has 0 unspecified atom stereocenters. The van der Waals surface area contributed by atoms with Crippen LogP contribution in [0.25, 0.3) is 5.65 Å². The molecule has 1 aliphatic rings. The lowest BCUT2D eigenvalue weighted by molar-refractivity contribution is 0.0745. The van der Waals surface area contributed by atoms with E-state index in [1.54, 1.807) is 15.6 Å². The van der Waals surface area contributed by atoms with Gasteiger partial charge in [-0.25, -0.2) is 13.9 Å². The van der Waals surface area contributed by atoms with Gasteiger partial charge >= 0.3 is 0 Å². The highest BCUT2D eigenvalue weighted by Crippen LogP contribution is 2.31. The van der Waals surface area contributed by atoms with E-state index in [-0.39, 0.29) is 11.7 Å². The lowest BCUT2D eigenvalue weighted by atomic mass is 10.1. The van der Waals surface area contributed by atoms with Gasteiger partial charge in [-0.2, -0.15) is 5.10 Å². The number of aryl methyl sites for hydroxylation is 3. The van der Waals surface area contributed by atoms with Crippen LogP contribution in [-0.2, 0) is 19.5 Å². The summed E-state index contributed by atoms with van der Waals surface area (Å²) in [5.41, 5.74) is 6.17. The standard InChI is InChI=1S/C25H23ClFN5O2/c1-14-4-5-17(11-28-14)8-9-34-22-10-18(27)6-7-19(22)25(33)31-12-20-21(13-31)30-32-16(3)23(26)15(2)29-24(20)32/h4-7,10-11H,8-9,12-13H2,1-3H3. The predicted octanol–water partition coefficient (Wildman–Crippen LogP) is 4.62. The molecule has 34 heavy (non-hydrogen) atoms. The zero-order valence-corrected chi connectivity index (χ0v) is 19.9. The van der Waals surface area contributed by atoms with Crippen LogP contribution in [0, 0.1) is 26.6 Å². The van der Waals surface area contributed by atoms with Crippen LogP contribution in [-0.4, -0.2) is 37.0 Å². The third kappa shape index (κ3) is 3.98. The van der Waals surface area contributed by atoms with Gasteiger partial charge in [0.05, 0.1) is 47.4 Å². The second-order valence-corrected chi connectivity index (χ2v) is 8.84. The molecule has 0 saturated carbocycles. The van der Waals surface area contributed by atoms with E-state index in [1.807, 2.05) is 32.9 Å². The topological polar surface area (TPSA) is 72.6 Å². The Hall–Kier alpha value is -3.52. The number of carbonyl (C=O) groups excluding carboxylic acids is 1. The van der Waals surface area contributed by atoms with Gasteiger partial charge in [0.15, 0.2) is 5.65 Å². The van der Waals surface area contributed by atoms with Crippen molar-refractivity contribution in [3.05, 3.63) is 86.8 Å². The van der Waals surface area contributed by atoms with Gasteiger partial charge in [-0.15, -0.1) is 0 Å². The number of ether oxygens (including phenoxy) is 1. The van der Waals surface area contributed by atoms with Gasteiger partial charge in [-0.1, -0.05) is 17.7 Å². The molecule has 0 aliphatic carbocycles. The Morgan fingerprint density at radius 3 is 2.76 bits per heavy atom. The Balaban J connectivity index is 1.35. The molecule has 174 valence electrons. The zero-order chi connectivity index (χ0) is 24.0. The molecule has 1 amide bonds. The van der Waals surface area contributed by atoms with E-state index in [4.69, 9.17) is 16.3 Å². The van der Waals surface area contributed by atoms with Crippen molar-refractivity contribution in [3.8, 4) is 5.75 Å². The van der Waals surface area contributed by atoms with E-state index in [9.17, 15) is 9.18 Å². The van der Waals surface area contributed by atoms with E-state index in [0.717, 1.165) is 33.9 Å². The van der Waals surface area contributed by atoms with Gasteiger partial charge in [-0.05, 0) is 44.5 Å². The van der Waals surface area contributed by atoms with Crippen molar-refractivity contribution in [3.63, 3.8) is 0 Å². The number of benzene rings is 1. The van der Waals surface area contributed by atoms with Gasteiger partial charge in [-0.3, -0.25) is 9.78 Å². The van der Waals surface area contributed by atoms with Crippen LogP contribution in [0.1, 0.15) is 44.3 Å². The largest absolute Gasteiger partial charge is 0.492 e. The van der Waals surface area contributed by atoms with Crippen LogP contribution in [0.5, 0.6) is 5.75 Å². The fraction of sp³-hybridized carbons (Fsp3) is 0.280. The molecule has 0 atom stereocenters. The van der Waals surface area contributed by atoms with Crippen molar-refractivity contribution < 1.29 is 13.9 Å². The summed E-state index contributed by atoms with van der Waals surface area (Å²) in [6.07, 6.45) is 2.38. The molecule has 4 aromatic rings. The zero-order valence-electron chi connectivity index (χ0n) is 19.1. The first-order valence-corrected chi connectivity index (χ1v) is 11.4. The Labute approximate surface area is 201 Å². The quantitative estimate of drug-likeness (QED) is 0.417. The SMILES string of the molecule is Cc1ccc(CCOc2cc(F)ccc2C(=O)N2Cc3nn4c(C)c(Cl)c(C)nc4c3C2)cn1. The van der Waals surface area contributed by atoms with Crippen LogP contribution in [0.4, 0.5) is 4.39 Å². The lowest BCUT2D eigenvalue weighted by Gasteiger charge is -2.18. The number of amides is 1. The molecule has 0 N–H and O–H groups in total. The summed E-state index contributed by atoms with van der Waals surface area (Å²) in [5.74, 6) is -0.482. The minimum Gasteiger partial charge on any atom is -0.492 e. The molecule has 0 radical (unpaired) electrons. The Morgan fingerprint density at radius 2 is 2.00 bits per heavy atom. The average Bonchev–Trinajstić information content (AvgIpc) is 3.38. The second kappa shape index (κ2) is 8.68. The van der Waals surface area contributed by atoms with Gasteiger partial charge in [0.25, 0.3) is 5.91 Å². The first-order chi connectivity index (χ1) is 16.3. The van der Waals surface area contributed by atoms with Crippen molar-refractivity contribution in [2.45, 2.75) is 40.3 Å². The van der Waals surface area contributed by atoms with Gasteiger partial charge in [0.2, 0.25) is 0 Å². The summed E-state index contributed by atoms with van der Waals surface area (Å²) in [4.78, 5) is 23.9. The molecule has 4 heterocycles. The number of pyridine rings is 1. The van der Waals surface area contributed by atoms with Crippen LogP contribution >= 0.6 is 11.6 Å². The van der Waals surface area contributed by atoms with Crippen molar-refractivity contribution in [2.75, 3.05) is 6.61 Å². The molecule has 1 aliphatic heterocycles. The summed E-state index contributed by atoms with van der Waals surface area (Å²) in [6, 6.07) is 7.90. The van der Waals surface area contributed by atoms with Crippen molar-refractivity contribution >= 4 is 23.2 Å². The summed E-state index contributed by atoms with van der Waals surface area (Å²) >= 11 is 6.32. The van der Waals surface area contributed by atoms with Crippen LogP contribution in [0.2, 0.25) is 5.02 Å². The van der Waals surface area contributed by atoms with Crippen molar-refractivity contribution in [1.29, 1.82) is 0 Å². The summed E-state index contributed by atoms with van der Waals surface area (Å²) < 4.78 is 21.6. The van der Waals surface area contributed by atoms with E-state index in [0.29, 0.717) is 42.4 Å². The monoisotopic (exact) mass is 479 g/mol. The van der Waals surface area contributed by atoms with Crippen LogP contribution < -0.4 is 4.74 Å². The molecular weight excluding hydrogens is 457 g/mol. The molecule has 1 aromatic carbocycles. The summed E-state index contributed by atoms with van der Waals surface area (Å²) in [6.45, 7) is 6.65. The number of rotatable bonds is 5. The molecule has 0 spiro atoms. The summed E-state index contributed by atoms with van der Waals surface area (Å²) in [7, 11) is 0. The maximum atomic E-state index is 14.0. The third-order valence-electron chi connectivity index (χ3n) is 6.04. The number of nitrogens with zero attached hydrogens (tertiary/aromatic N) is 5.